The number of ether oxygens (including phenoxy) is 1. The number of nitrogens with two attached hydrogens (primary N) is 1. The second kappa shape index (κ2) is 7.85. The lowest BCUT2D eigenvalue weighted by molar-refractivity contribution is -0.148. The zero-order valence-electron chi connectivity index (χ0n) is 12.4. The molecular formula is C15H29NO3. The normalized spacial score (nSPS) is 29.1. The summed E-state index contributed by atoms with van der Waals surface area (Å²) in [6.45, 7) is 4.29. The lowest BCUT2D eigenvalue weighted by Gasteiger charge is -2.35. The molecule has 0 saturated heterocycles. The third kappa shape index (κ3) is 5.49. The van der Waals surface area contributed by atoms with Crippen molar-refractivity contribution in [1.82, 2.24) is 0 Å². The molecular weight excluding hydrogens is 242 g/mol. The minimum absolute atomic E-state index is 0.0102. The standard InChI is InChI=1S/C15H29NO3/c1-3-4-5-6-8-12(2)19-13-9-7-10-15(16,11-13)14(17)18/h12-13H,3-11,16H2,1-2H3,(H,17,18). The van der Waals surface area contributed by atoms with Crippen molar-refractivity contribution in [2.45, 2.75) is 89.4 Å². The van der Waals surface area contributed by atoms with Gasteiger partial charge in [0.25, 0.3) is 0 Å². The predicted molar refractivity (Wildman–Crippen MR) is 76.1 cm³/mol. The van der Waals surface area contributed by atoms with Gasteiger partial charge in [-0.3, -0.25) is 4.79 Å². The Hall–Kier alpha value is -0.610. The van der Waals surface area contributed by atoms with E-state index in [1.165, 1.54) is 25.7 Å². The fourth-order valence-corrected chi connectivity index (χ4v) is 2.82. The molecule has 4 heteroatoms. The van der Waals surface area contributed by atoms with Crippen LogP contribution < -0.4 is 5.73 Å². The van der Waals surface area contributed by atoms with Crippen molar-refractivity contribution in [2.24, 2.45) is 5.73 Å². The molecule has 1 rings (SSSR count). The van der Waals surface area contributed by atoms with Crippen molar-refractivity contribution in [3.8, 4) is 0 Å². The van der Waals surface area contributed by atoms with E-state index >= 15 is 0 Å². The quantitative estimate of drug-likeness (QED) is 0.665. The molecule has 3 N–H and O–H groups in total. The molecule has 1 saturated carbocycles. The van der Waals surface area contributed by atoms with E-state index in [1.54, 1.807) is 0 Å². The van der Waals surface area contributed by atoms with Crippen LogP contribution in [-0.2, 0) is 9.53 Å². The Morgan fingerprint density at radius 1 is 1.47 bits per heavy atom. The predicted octanol–water partition coefficient (Wildman–Crippen LogP) is 3.09. The van der Waals surface area contributed by atoms with Crippen LogP contribution in [0.25, 0.3) is 0 Å². The fourth-order valence-electron chi connectivity index (χ4n) is 2.82. The highest BCUT2D eigenvalue weighted by molar-refractivity contribution is 5.78. The maximum absolute atomic E-state index is 11.2. The molecule has 0 aromatic carbocycles. The molecule has 3 atom stereocenters. The zero-order chi connectivity index (χ0) is 14.3. The summed E-state index contributed by atoms with van der Waals surface area (Å²) >= 11 is 0. The lowest BCUT2D eigenvalue weighted by atomic mass is 9.81. The Balaban J connectivity index is 2.30. The zero-order valence-corrected chi connectivity index (χ0v) is 12.4. The van der Waals surface area contributed by atoms with Crippen LogP contribution in [0, 0.1) is 0 Å². The summed E-state index contributed by atoms with van der Waals surface area (Å²) < 4.78 is 5.97. The van der Waals surface area contributed by atoms with Gasteiger partial charge in [-0.2, -0.15) is 0 Å². The summed E-state index contributed by atoms with van der Waals surface area (Å²) in [6.07, 6.45) is 9.03. The van der Waals surface area contributed by atoms with Gasteiger partial charge in [0.05, 0.1) is 12.2 Å². The first-order valence-electron chi connectivity index (χ1n) is 7.65. The summed E-state index contributed by atoms with van der Waals surface area (Å²) in [4.78, 5) is 11.2. The fraction of sp³-hybridized carbons (Fsp3) is 0.933. The molecule has 0 bridgehead atoms. The van der Waals surface area contributed by atoms with Crippen molar-refractivity contribution < 1.29 is 14.6 Å². The number of hydrogen-bond donors (Lipinski definition) is 2. The van der Waals surface area contributed by atoms with Crippen molar-refractivity contribution >= 4 is 5.97 Å². The van der Waals surface area contributed by atoms with Crippen LogP contribution in [0.15, 0.2) is 0 Å². The molecule has 1 aliphatic rings. The van der Waals surface area contributed by atoms with Gasteiger partial charge in [0.1, 0.15) is 5.54 Å². The van der Waals surface area contributed by atoms with Crippen LogP contribution in [-0.4, -0.2) is 28.8 Å². The number of carboxylic acids is 1. The number of unbranched alkanes of at least 4 members (excludes halogenated alkanes) is 3. The lowest BCUT2D eigenvalue weighted by Crippen LogP contribution is -2.53. The molecule has 0 aliphatic heterocycles. The van der Waals surface area contributed by atoms with Gasteiger partial charge in [-0.1, -0.05) is 32.6 Å². The average molecular weight is 271 g/mol. The Morgan fingerprint density at radius 2 is 2.21 bits per heavy atom. The summed E-state index contributed by atoms with van der Waals surface area (Å²) in [5.41, 5.74) is 4.85. The third-order valence-corrected chi connectivity index (χ3v) is 4.06. The summed E-state index contributed by atoms with van der Waals surface area (Å²) in [7, 11) is 0. The van der Waals surface area contributed by atoms with E-state index in [-0.39, 0.29) is 12.2 Å². The molecule has 0 radical (unpaired) electrons. The third-order valence-electron chi connectivity index (χ3n) is 4.06. The van der Waals surface area contributed by atoms with Crippen LogP contribution in [0.2, 0.25) is 0 Å². The molecule has 1 fully saturated rings. The van der Waals surface area contributed by atoms with Crippen molar-refractivity contribution in [1.29, 1.82) is 0 Å². The highest BCUT2D eigenvalue weighted by atomic mass is 16.5. The number of rotatable bonds is 8. The van der Waals surface area contributed by atoms with Gasteiger partial charge >= 0.3 is 5.97 Å². The Kier molecular flexibility index (Phi) is 6.80. The molecule has 1 aliphatic carbocycles. The number of carbonyl (C=O) groups is 1. The molecule has 0 aromatic rings. The van der Waals surface area contributed by atoms with E-state index in [4.69, 9.17) is 15.6 Å². The van der Waals surface area contributed by atoms with Gasteiger partial charge in [0.2, 0.25) is 0 Å². The van der Waals surface area contributed by atoms with Gasteiger partial charge in [0.15, 0.2) is 0 Å². The highest BCUT2D eigenvalue weighted by Gasteiger charge is 2.40. The Morgan fingerprint density at radius 3 is 2.84 bits per heavy atom. The summed E-state index contributed by atoms with van der Waals surface area (Å²) in [5.74, 6) is -0.892. The molecule has 4 nitrogen and oxygen atoms in total. The monoisotopic (exact) mass is 271 g/mol. The van der Waals surface area contributed by atoms with Crippen molar-refractivity contribution in [2.75, 3.05) is 0 Å². The smallest absolute Gasteiger partial charge is 0.323 e. The molecule has 0 aromatic heterocycles. The Bertz CT molecular complexity index is 283. The van der Waals surface area contributed by atoms with Crippen molar-refractivity contribution in [3.05, 3.63) is 0 Å². The van der Waals surface area contributed by atoms with E-state index in [0.29, 0.717) is 12.8 Å². The molecule has 0 amide bonds. The average Bonchev–Trinajstić information content (AvgIpc) is 2.34. The van der Waals surface area contributed by atoms with Crippen molar-refractivity contribution in [3.63, 3.8) is 0 Å². The summed E-state index contributed by atoms with van der Waals surface area (Å²) in [5, 5.41) is 9.17. The van der Waals surface area contributed by atoms with E-state index < -0.39 is 11.5 Å². The molecule has 0 spiro atoms. The minimum Gasteiger partial charge on any atom is -0.480 e. The number of aliphatic carboxylic acids is 1. The molecule has 0 heterocycles. The molecule has 112 valence electrons. The van der Waals surface area contributed by atoms with Crippen LogP contribution in [0.4, 0.5) is 0 Å². The maximum atomic E-state index is 11.2. The minimum atomic E-state index is -1.08. The number of hydrogen-bond acceptors (Lipinski definition) is 3. The second-order valence-corrected chi connectivity index (χ2v) is 5.98. The largest absolute Gasteiger partial charge is 0.480 e. The van der Waals surface area contributed by atoms with E-state index in [9.17, 15) is 4.79 Å². The molecule has 19 heavy (non-hydrogen) atoms. The van der Waals surface area contributed by atoms with E-state index in [2.05, 4.69) is 13.8 Å². The van der Waals surface area contributed by atoms with Gasteiger partial charge in [-0.05, 0) is 32.6 Å². The van der Waals surface area contributed by atoms with Gasteiger partial charge in [-0.15, -0.1) is 0 Å². The SMILES string of the molecule is CCCCCCC(C)OC1CCCC(N)(C(=O)O)C1. The first kappa shape index (κ1) is 16.4. The highest BCUT2D eigenvalue weighted by Crippen LogP contribution is 2.29. The topological polar surface area (TPSA) is 72.5 Å². The van der Waals surface area contributed by atoms with E-state index in [1.807, 2.05) is 0 Å². The Labute approximate surface area is 116 Å². The first-order chi connectivity index (χ1) is 8.98. The second-order valence-electron chi connectivity index (χ2n) is 5.98. The van der Waals surface area contributed by atoms with Crippen LogP contribution in [0.5, 0.6) is 0 Å². The maximum Gasteiger partial charge on any atom is 0.323 e. The summed E-state index contributed by atoms with van der Waals surface area (Å²) in [6, 6.07) is 0. The molecule has 3 unspecified atom stereocenters. The van der Waals surface area contributed by atoms with E-state index in [0.717, 1.165) is 19.3 Å². The van der Waals surface area contributed by atoms with Crippen LogP contribution in [0.1, 0.15) is 71.6 Å². The van der Waals surface area contributed by atoms with Gasteiger partial charge in [0, 0.05) is 6.42 Å². The number of carboxylic acid groups (broad SMARTS) is 1. The van der Waals surface area contributed by atoms with Gasteiger partial charge in [-0.25, -0.2) is 0 Å². The van der Waals surface area contributed by atoms with Crippen LogP contribution in [0.3, 0.4) is 0 Å². The van der Waals surface area contributed by atoms with Crippen LogP contribution >= 0.6 is 0 Å². The van der Waals surface area contributed by atoms with Gasteiger partial charge < -0.3 is 15.6 Å². The first-order valence-corrected chi connectivity index (χ1v) is 7.65.